The van der Waals surface area contributed by atoms with Gasteiger partial charge >= 0.3 is 5.97 Å². The van der Waals surface area contributed by atoms with E-state index >= 15 is 0 Å². The highest BCUT2D eigenvalue weighted by Crippen LogP contribution is 2.25. The normalized spacial score (nSPS) is 10.8. The van der Waals surface area contributed by atoms with Crippen LogP contribution in [0.2, 0.25) is 5.02 Å². The number of aromatic carboxylic acids is 1. The summed E-state index contributed by atoms with van der Waals surface area (Å²) in [6.45, 7) is 0. The van der Waals surface area contributed by atoms with Crippen LogP contribution in [0, 0.1) is 0 Å². The molecule has 0 bridgehead atoms. The van der Waals surface area contributed by atoms with Crippen molar-refractivity contribution in [2.45, 2.75) is 0 Å². The van der Waals surface area contributed by atoms with E-state index in [1.165, 1.54) is 10.6 Å². The molecule has 0 radical (unpaired) electrons. The molecule has 0 spiro atoms. The van der Waals surface area contributed by atoms with Crippen molar-refractivity contribution in [1.82, 2.24) is 14.6 Å². The summed E-state index contributed by atoms with van der Waals surface area (Å²) in [5, 5.41) is 13.8. The second-order valence-corrected chi connectivity index (χ2v) is 4.31. The molecule has 0 aliphatic carbocycles. The van der Waals surface area contributed by atoms with Crippen LogP contribution in [0.15, 0.2) is 42.5 Å². The predicted molar refractivity (Wildman–Crippen MR) is 70.4 cm³/mol. The number of carboxylic acids is 1. The molecule has 0 saturated heterocycles. The van der Waals surface area contributed by atoms with Crippen LogP contribution in [0.4, 0.5) is 0 Å². The van der Waals surface area contributed by atoms with E-state index in [9.17, 15) is 4.79 Å². The quantitative estimate of drug-likeness (QED) is 0.779. The highest BCUT2D eigenvalue weighted by atomic mass is 35.5. The zero-order chi connectivity index (χ0) is 13.4. The van der Waals surface area contributed by atoms with Crippen LogP contribution in [0.1, 0.15) is 10.5 Å². The second-order valence-electron chi connectivity index (χ2n) is 3.90. The lowest BCUT2D eigenvalue weighted by molar-refractivity contribution is 0.0687. The highest BCUT2D eigenvalue weighted by Gasteiger charge is 2.14. The summed E-state index contributed by atoms with van der Waals surface area (Å²) in [6, 6.07) is 12.0. The van der Waals surface area contributed by atoms with Crippen LogP contribution in [0.5, 0.6) is 0 Å². The lowest BCUT2D eigenvalue weighted by Gasteiger charge is -1.97. The van der Waals surface area contributed by atoms with Crippen molar-refractivity contribution >= 4 is 23.2 Å². The second kappa shape index (κ2) is 4.37. The van der Waals surface area contributed by atoms with Crippen molar-refractivity contribution in [1.29, 1.82) is 0 Å². The number of halogens is 1. The Kier molecular flexibility index (Phi) is 2.68. The van der Waals surface area contributed by atoms with Gasteiger partial charge in [-0.2, -0.15) is 0 Å². The van der Waals surface area contributed by atoms with Crippen molar-refractivity contribution in [2.75, 3.05) is 0 Å². The van der Waals surface area contributed by atoms with Crippen molar-refractivity contribution in [3.05, 3.63) is 53.2 Å². The van der Waals surface area contributed by atoms with Gasteiger partial charge in [-0.15, -0.1) is 5.10 Å². The molecular weight excluding hydrogens is 266 g/mol. The van der Waals surface area contributed by atoms with Gasteiger partial charge in [0.2, 0.25) is 0 Å². The molecule has 1 N–H and O–H groups in total. The van der Waals surface area contributed by atoms with Crippen molar-refractivity contribution in [3.63, 3.8) is 0 Å². The lowest BCUT2D eigenvalue weighted by Crippen LogP contribution is -2.05. The molecule has 1 aromatic carbocycles. The van der Waals surface area contributed by atoms with Gasteiger partial charge in [-0.3, -0.25) is 0 Å². The molecule has 0 unspecified atom stereocenters. The van der Waals surface area contributed by atoms with Crippen molar-refractivity contribution < 1.29 is 9.90 Å². The fourth-order valence-electron chi connectivity index (χ4n) is 1.82. The van der Waals surface area contributed by atoms with Gasteiger partial charge in [-0.25, -0.2) is 14.3 Å². The Morgan fingerprint density at radius 3 is 2.68 bits per heavy atom. The number of fused-ring (bicyclic) bond motifs is 1. The zero-order valence-corrected chi connectivity index (χ0v) is 10.4. The third kappa shape index (κ3) is 1.94. The van der Waals surface area contributed by atoms with E-state index in [-0.39, 0.29) is 5.69 Å². The Morgan fingerprint density at radius 2 is 1.95 bits per heavy atom. The average molecular weight is 274 g/mol. The first kappa shape index (κ1) is 11.7. The standard InChI is InChI=1S/C13H8ClN3O2/c14-9-5-2-1-4-8(9)12-15-11-7-3-6-10(13(18)19)17(11)16-12/h1-7H,(H,18,19). The fourth-order valence-corrected chi connectivity index (χ4v) is 2.04. The minimum absolute atomic E-state index is 0.0586. The topological polar surface area (TPSA) is 67.5 Å². The first-order valence-corrected chi connectivity index (χ1v) is 5.88. The molecule has 3 aromatic rings. The van der Waals surface area contributed by atoms with E-state index in [1.807, 2.05) is 12.1 Å². The SMILES string of the molecule is O=C(O)c1cccc2nc(-c3ccccc3Cl)nn12. The Hall–Kier alpha value is -2.40. The maximum absolute atomic E-state index is 11.1. The molecule has 0 saturated carbocycles. The molecule has 3 rings (SSSR count). The van der Waals surface area contributed by atoms with Crippen LogP contribution in [0.25, 0.3) is 17.0 Å². The zero-order valence-electron chi connectivity index (χ0n) is 9.62. The number of carboxylic acid groups (broad SMARTS) is 1. The molecular formula is C13H8ClN3O2. The van der Waals surface area contributed by atoms with Gasteiger partial charge in [0.15, 0.2) is 17.2 Å². The highest BCUT2D eigenvalue weighted by molar-refractivity contribution is 6.33. The fraction of sp³-hybridized carbons (Fsp3) is 0. The Balaban J connectivity index is 2.26. The Morgan fingerprint density at radius 1 is 1.16 bits per heavy atom. The summed E-state index contributed by atoms with van der Waals surface area (Å²) >= 11 is 6.08. The Bertz CT molecular complexity index is 782. The van der Waals surface area contributed by atoms with Crippen molar-refractivity contribution in [3.8, 4) is 11.4 Å². The average Bonchev–Trinajstić information content (AvgIpc) is 2.82. The number of carbonyl (C=O) groups is 1. The van der Waals surface area contributed by atoms with E-state index in [1.54, 1.807) is 24.3 Å². The number of hydrogen-bond acceptors (Lipinski definition) is 3. The van der Waals surface area contributed by atoms with Crippen LogP contribution in [-0.4, -0.2) is 25.7 Å². The van der Waals surface area contributed by atoms with Crippen LogP contribution < -0.4 is 0 Å². The van der Waals surface area contributed by atoms with E-state index in [2.05, 4.69) is 10.1 Å². The molecule has 2 heterocycles. The largest absolute Gasteiger partial charge is 0.477 e. The number of pyridine rings is 1. The number of hydrogen-bond donors (Lipinski definition) is 1. The van der Waals surface area contributed by atoms with Crippen molar-refractivity contribution in [2.24, 2.45) is 0 Å². The van der Waals surface area contributed by atoms with Gasteiger partial charge in [-0.05, 0) is 24.3 Å². The molecule has 19 heavy (non-hydrogen) atoms. The van der Waals surface area contributed by atoms with E-state index in [4.69, 9.17) is 16.7 Å². The summed E-state index contributed by atoms with van der Waals surface area (Å²) in [4.78, 5) is 15.4. The molecule has 0 aliphatic heterocycles. The minimum Gasteiger partial charge on any atom is -0.477 e. The molecule has 0 aliphatic rings. The molecule has 0 atom stereocenters. The van der Waals surface area contributed by atoms with Gasteiger partial charge in [0, 0.05) is 5.56 Å². The summed E-state index contributed by atoms with van der Waals surface area (Å²) in [5.74, 6) is -0.652. The molecule has 0 fully saturated rings. The number of rotatable bonds is 2. The summed E-state index contributed by atoms with van der Waals surface area (Å²) < 4.78 is 1.29. The monoisotopic (exact) mass is 273 g/mol. The lowest BCUT2D eigenvalue weighted by atomic mass is 10.2. The van der Waals surface area contributed by atoms with Crippen LogP contribution in [0.3, 0.4) is 0 Å². The van der Waals surface area contributed by atoms with Gasteiger partial charge in [0.05, 0.1) is 5.02 Å². The number of benzene rings is 1. The van der Waals surface area contributed by atoms with Gasteiger partial charge in [-0.1, -0.05) is 29.8 Å². The summed E-state index contributed by atoms with van der Waals surface area (Å²) in [7, 11) is 0. The third-order valence-electron chi connectivity index (χ3n) is 2.69. The van der Waals surface area contributed by atoms with Gasteiger partial charge < -0.3 is 5.11 Å². The molecule has 2 aromatic heterocycles. The minimum atomic E-state index is -1.05. The van der Waals surface area contributed by atoms with Crippen LogP contribution >= 0.6 is 11.6 Å². The molecule has 0 amide bonds. The van der Waals surface area contributed by atoms with E-state index < -0.39 is 5.97 Å². The van der Waals surface area contributed by atoms with E-state index in [0.717, 1.165) is 0 Å². The summed E-state index contributed by atoms with van der Waals surface area (Å²) in [5.41, 5.74) is 1.20. The predicted octanol–water partition coefficient (Wildman–Crippen LogP) is 2.75. The van der Waals surface area contributed by atoms with Gasteiger partial charge in [0.1, 0.15) is 0 Å². The number of nitrogens with zero attached hydrogens (tertiary/aromatic N) is 3. The smallest absolute Gasteiger partial charge is 0.354 e. The first-order chi connectivity index (χ1) is 9.16. The molecule has 94 valence electrons. The molecule has 5 nitrogen and oxygen atoms in total. The molecule has 6 heteroatoms. The Labute approximate surface area is 113 Å². The summed E-state index contributed by atoms with van der Waals surface area (Å²) in [6.07, 6.45) is 0. The first-order valence-electron chi connectivity index (χ1n) is 5.51. The van der Waals surface area contributed by atoms with Crippen LogP contribution in [-0.2, 0) is 0 Å². The van der Waals surface area contributed by atoms with Gasteiger partial charge in [0.25, 0.3) is 0 Å². The maximum atomic E-state index is 11.1. The third-order valence-corrected chi connectivity index (χ3v) is 3.02. The van der Waals surface area contributed by atoms with E-state index in [0.29, 0.717) is 22.1 Å². The number of aromatic nitrogens is 3. The maximum Gasteiger partial charge on any atom is 0.354 e.